The van der Waals surface area contributed by atoms with Crippen LogP contribution in [0, 0.1) is 6.92 Å². The molecule has 0 aromatic heterocycles. The first-order valence-corrected chi connectivity index (χ1v) is 9.36. The van der Waals surface area contributed by atoms with Crippen molar-refractivity contribution in [2.24, 2.45) is 0 Å². The number of carbonyl (C=O) groups is 3. The van der Waals surface area contributed by atoms with Gasteiger partial charge in [0, 0.05) is 13.1 Å². The van der Waals surface area contributed by atoms with Gasteiger partial charge < -0.3 is 9.64 Å². The number of hydrogen-bond donors (Lipinski definition) is 0. The third-order valence-electron chi connectivity index (χ3n) is 5.17. The fourth-order valence-corrected chi connectivity index (χ4v) is 3.73. The average Bonchev–Trinajstić information content (AvgIpc) is 2.90. The second-order valence-corrected chi connectivity index (χ2v) is 7.70. The van der Waals surface area contributed by atoms with Crippen LogP contribution >= 0.6 is 0 Å². The Hall–Kier alpha value is -3.15. The Morgan fingerprint density at radius 1 is 0.893 bits per heavy atom. The minimum absolute atomic E-state index is 0.132. The molecule has 6 nitrogen and oxygen atoms in total. The van der Waals surface area contributed by atoms with E-state index in [1.165, 1.54) is 4.90 Å². The third-order valence-corrected chi connectivity index (χ3v) is 5.17. The van der Waals surface area contributed by atoms with E-state index in [0.717, 1.165) is 11.3 Å². The molecule has 2 aromatic rings. The molecule has 0 radical (unpaired) electrons. The summed E-state index contributed by atoms with van der Waals surface area (Å²) >= 11 is 0. The average molecular weight is 378 g/mol. The second-order valence-electron chi connectivity index (χ2n) is 7.70. The Morgan fingerprint density at radius 3 is 2.14 bits per heavy atom. The Bertz CT molecular complexity index is 961. The molecule has 4 rings (SSSR count). The van der Waals surface area contributed by atoms with E-state index in [2.05, 4.69) is 0 Å². The highest BCUT2D eigenvalue weighted by atomic mass is 16.5. The molecule has 28 heavy (non-hydrogen) atoms. The standard InChI is InChI=1S/C22H22N2O4/c1-14-9-10-18-17(13-14)23(21(27)22(2,3)28-18)11-6-12-24-19(25)15-7-4-5-8-16(15)20(24)26/h4-5,7-10,13H,6,11-12H2,1-3H3. The van der Waals surface area contributed by atoms with Crippen molar-refractivity contribution in [3.05, 3.63) is 59.2 Å². The number of imide groups is 1. The lowest BCUT2D eigenvalue weighted by molar-refractivity contribution is -0.132. The quantitative estimate of drug-likeness (QED) is 0.767. The molecule has 0 bridgehead atoms. The maximum atomic E-state index is 12.9. The lowest BCUT2D eigenvalue weighted by atomic mass is 10.0. The molecular weight excluding hydrogens is 356 g/mol. The van der Waals surface area contributed by atoms with Crippen LogP contribution in [0.4, 0.5) is 5.69 Å². The number of anilines is 1. The zero-order chi connectivity index (χ0) is 20.1. The van der Waals surface area contributed by atoms with Gasteiger partial charge in [-0.3, -0.25) is 19.3 Å². The monoisotopic (exact) mass is 378 g/mol. The van der Waals surface area contributed by atoms with Crippen molar-refractivity contribution in [2.45, 2.75) is 32.8 Å². The van der Waals surface area contributed by atoms with Crippen LogP contribution in [0.3, 0.4) is 0 Å². The number of benzene rings is 2. The SMILES string of the molecule is Cc1ccc2c(c1)N(CCCN1C(=O)c3ccccc3C1=O)C(=O)C(C)(C)O2. The minimum atomic E-state index is -0.961. The van der Waals surface area contributed by atoms with Crippen molar-refractivity contribution in [3.63, 3.8) is 0 Å². The maximum absolute atomic E-state index is 12.9. The highest BCUT2D eigenvalue weighted by Crippen LogP contribution is 2.38. The maximum Gasteiger partial charge on any atom is 0.270 e. The van der Waals surface area contributed by atoms with Crippen molar-refractivity contribution >= 4 is 23.4 Å². The number of ether oxygens (including phenoxy) is 1. The first kappa shape index (κ1) is 18.2. The Kier molecular flexibility index (Phi) is 4.22. The lowest BCUT2D eigenvalue weighted by Gasteiger charge is -2.39. The van der Waals surface area contributed by atoms with E-state index >= 15 is 0 Å². The summed E-state index contributed by atoms with van der Waals surface area (Å²) in [6.07, 6.45) is 0.487. The first-order valence-electron chi connectivity index (χ1n) is 9.36. The van der Waals surface area contributed by atoms with Gasteiger partial charge in [0.05, 0.1) is 16.8 Å². The van der Waals surface area contributed by atoms with Crippen LogP contribution in [0.1, 0.15) is 46.5 Å². The highest BCUT2D eigenvalue weighted by Gasteiger charge is 2.41. The number of hydrogen-bond acceptors (Lipinski definition) is 4. The molecule has 6 heteroatoms. The van der Waals surface area contributed by atoms with Gasteiger partial charge >= 0.3 is 0 Å². The molecule has 3 amide bonds. The number of aryl methyl sites for hydroxylation is 1. The molecule has 0 atom stereocenters. The van der Waals surface area contributed by atoms with Crippen LogP contribution in [0.5, 0.6) is 5.75 Å². The minimum Gasteiger partial charge on any atom is -0.476 e. The van der Waals surface area contributed by atoms with Crippen LogP contribution in [0.15, 0.2) is 42.5 Å². The van der Waals surface area contributed by atoms with Gasteiger partial charge in [-0.15, -0.1) is 0 Å². The molecule has 0 saturated heterocycles. The summed E-state index contributed by atoms with van der Waals surface area (Å²) < 4.78 is 5.86. The van der Waals surface area contributed by atoms with Crippen molar-refractivity contribution in [1.29, 1.82) is 0 Å². The third kappa shape index (κ3) is 2.85. The Balaban J connectivity index is 1.51. The summed E-state index contributed by atoms with van der Waals surface area (Å²) in [6, 6.07) is 12.6. The Labute approximate surface area is 163 Å². The summed E-state index contributed by atoms with van der Waals surface area (Å²) in [5.74, 6) is -0.0140. The molecule has 0 spiro atoms. The molecule has 0 aliphatic carbocycles. The van der Waals surface area contributed by atoms with Crippen molar-refractivity contribution in [2.75, 3.05) is 18.0 Å². The van der Waals surface area contributed by atoms with Crippen LogP contribution < -0.4 is 9.64 Å². The predicted octanol–water partition coefficient (Wildman–Crippen LogP) is 3.19. The fraction of sp³-hybridized carbons (Fsp3) is 0.318. The summed E-state index contributed by atoms with van der Waals surface area (Å²) in [6.45, 7) is 6.11. The molecule has 2 aliphatic rings. The molecule has 2 aliphatic heterocycles. The number of nitrogens with zero attached hydrogens (tertiary/aromatic N) is 2. The molecule has 0 saturated carbocycles. The van der Waals surface area contributed by atoms with E-state index in [1.54, 1.807) is 43.0 Å². The van der Waals surface area contributed by atoms with Crippen molar-refractivity contribution in [3.8, 4) is 5.75 Å². The first-order chi connectivity index (χ1) is 13.3. The van der Waals surface area contributed by atoms with Gasteiger partial charge in [0.2, 0.25) is 0 Å². The summed E-state index contributed by atoms with van der Waals surface area (Å²) in [5, 5.41) is 0. The van der Waals surface area contributed by atoms with Crippen LogP contribution in [-0.2, 0) is 4.79 Å². The van der Waals surface area contributed by atoms with E-state index < -0.39 is 5.60 Å². The largest absolute Gasteiger partial charge is 0.476 e. The van der Waals surface area contributed by atoms with Crippen molar-refractivity contribution in [1.82, 2.24) is 4.90 Å². The molecule has 0 unspecified atom stereocenters. The number of fused-ring (bicyclic) bond motifs is 2. The molecule has 0 fully saturated rings. The van der Waals surface area contributed by atoms with Gasteiger partial charge in [-0.25, -0.2) is 0 Å². The predicted molar refractivity (Wildman–Crippen MR) is 105 cm³/mol. The van der Waals surface area contributed by atoms with Gasteiger partial charge in [0.1, 0.15) is 5.75 Å². The number of rotatable bonds is 4. The van der Waals surface area contributed by atoms with Gasteiger partial charge in [0.15, 0.2) is 5.60 Å². The van der Waals surface area contributed by atoms with Gasteiger partial charge in [-0.05, 0) is 57.0 Å². The zero-order valence-corrected chi connectivity index (χ0v) is 16.2. The molecule has 2 heterocycles. The smallest absolute Gasteiger partial charge is 0.270 e. The zero-order valence-electron chi connectivity index (χ0n) is 16.2. The number of carbonyl (C=O) groups excluding carboxylic acids is 3. The second kappa shape index (κ2) is 6.48. The molecule has 144 valence electrons. The van der Waals surface area contributed by atoms with Gasteiger partial charge in [-0.1, -0.05) is 18.2 Å². The normalized spacial score (nSPS) is 17.5. The fourth-order valence-electron chi connectivity index (χ4n) is 3.73. The van der Waals surface area contributed by atoms with Crippen LogP contribution in [0.2, 0.25) is 0 Å². The van der Waals surface area contributed by atoms with Gasteiger partial charge in [-0.2, -0.15) is 0 Å². The summed E-state index contributed by atoms with van der Waals surface area (Å²) in [5.41, 5.74) is 1.68. The summed E-state index contributed by atoms with van der Waals surface area (Å²) in [4.78, 5) is 40.9. The van der Waals surface area contributed by atoms with Crippen molar-refractivity contribution < 1.29 is 19.1 Å². The van der Waals surface area contributed by atoms with E-state index in [9.17, 15) is 14.4 Å². The van der Waals surface area contributed by atoms with Crippen LogP contribution in [-0.4, -0.2) is 41.3 Å². The molecular formula is C22H22N2O4. The number of amides is 3. The van der Waals surface area contributed by atoms with E-state index in [1.807, 2.05) is 25.1 Å². The summed E-state index contributed by atoms with van der Waals surface area (Å²) in [7, 11) is 0. The highest BCUT2D eigenvalue weighted by molar-refractivity contribution is 6.21. The molecule has 0 N–H and O–H groups in total. The molecule has 2 aromatic carbocycles. The Morgan fingerprint density at radius 2 is 1.50 bits per heavy atom. The van der Waals surface area contributed by atoms with E-state index in [4.69, 9.17) is 4.74 Å². The van der Waals surface area contributed by atoms with E-state index in [0.29, 0.717) is 29.8 Å². The lowest BCUT2D eigenvalue weighted by Crippen LogP contribution is -2.53. The topological polar surface area (TPSA) is 66.9 Å². The van der Waals surface area contributed by atoms with E-state index in [-0.39, 0.29) is 24.3 Å². The van der Waals surface area contributed by atoms with Crippen LogP contribution in [0.25, 0.3) is 0 Å². The van der Waals surface area contributed by atoms with Gasteiger partial charge in [0.25, 0.3) is 17.7 Å².